The maximum absolute atomic E-state index is 14.9. The third kappa shape index (κ3) is 6.87. The normalized spacial score (nSPS) is 12.9. The molecule has 0 spiro atoms. The van der Waals surface area contributed by atoms with Crippen LogP contribution in [0.3, 0.4) is 0 Å². The van der Waals surface area contributed by atoms with Crippen LogP contribution in [0.25, 0.3) is 5.82 Å². The molecule has 0 unspecified atom stereocenters. The van der Waals surface area contributed by atoms with Crippen LogP contribution in [-0.2, 0) is 11.3 Å². The molecule has 1 aliphatic heterocycles. The van der Waals surface area contributed by atoms with Crippen LogP contribution in [0.1, 0.15) is 20.3 Å². The number of nitrogens with one attached hydrogen (secondary N) is 1. The van der Waals surface area contributed by atoms with Gasteiger partial charge in [0, 0.05) is 30.6 Å². The van der Waals surface area contributed by atoms with Gasteiger partial charge in [0.2, 0.25) is 5.91 Å². The van der Waals surface area contributed by atoms with Gasteiger partial charge in [0.1, 0.15) is 19.0 Å². The molecule has 0 saturated heterocycles. The second-order valence-corrected chi connectivity index (χ2v) is 10.0. The molecule has 1 amide bonds. The molecule has 0 radical (unpaired) electrons. The van der Waals surface area contributed by atoms with Gasteiger partial charge in [-0.1, -0.05) is 19.9 Å². The minimum Gasteiger partial charge on any atom is -0.493 e. The molecule has 2 aromatic carbocycles. The molecule has 1 aromatic heterocycles. The Labute approximate surface area is 231 Å². The van der Waals surface area contributed by atoms with Crippen LogP contribution < -0.4 is 36.0 Å². The van der Waals surface area contributed by atoms with Gasteiger partial charge in [-0.15, -0.1) is 0 Å². The lowest BCUT2D eigenvalue weighted by Gasteiger charge is -2.29. The summed E-state index contributed by atoms with van der Waals surface area (Å²) in [5.41, 5.74) is 5.80. The van der Waals surface area contributed by atoms with E-state index < -0.39 is 17.5 Å². The van der Waals surface area contributed by atoms with Crippen molar-refractivity contribution in [1.29, 1.82) is 0 Å². The molecule has 0 fully saturated rings. The number of benzene rings is 2. The van der Waals surface area contributed by atoms with E-state index in [0.29, 0.717) is 46.1 Å². The number of halogens is 2. The predicted octanol–water partition coefficient (Wildman–Crippen LogP) is 2.29. The monoisotopic (exact) mass is 555 g/mol. The molecule has 0 saturated carbocycles. The molecule has 3 N–H and O–H groups in total. The Bertz CT molecular complexity index is 1480. The van der Waals surface area contributed by atoms with Gasteiger partial charge >= 0.3 is 0 Å². The topological polar surface area (TPSA) is 110 Å². The summed E-state index contributed by atoms with van der Waals surface area (Å²) in [6.45, 7) is 6.68. The van der Waals surface area contributed by atoms with E-state index in [0.717, 1.165) is 25.6 Å². The zero-order valence-corrected chi connectivity index (χ0v) is 23.2. The highest BCUT2D eigenvalue weighted by molar-refractivity contribution is 5.78. The highest BCUT2D eigenvalue weighted by atomic mass is 19.2. The first-order chi connectivity index (χ1) is 19.2. The van der Waals surface area contributed by atoms with Crippen molar-refractivity contribution < 1.29 is 23.0 Å². The standard InChI is InChI=1S/C28H35F2N7O3/c1-18(2)14-35(3)9-6-10-40-25-12-22-20(11-24(25)39-4)28(34-19-13-33-36(15-19)16-26(31)38)37(17-32-22)23-8-5-7-21(29)27(23)30/h5,7-8,11-13,15,18,34H,6,9-10,14,16-17H2,1-4H3,(H2,31,38). The summed E-state index contributed by atoms with van der Waals surface area (Å²) in [6.07, 6.45) is 3.93. The molecule has 10 nitrogen and oxygen atoms in total. The van der Waals surface area contributed by atoms with Crippen LogP contribution >= 0.6 is 0 Å². The zero-order chi connectivity index (χ0) is 28.8. The number of amides is 1. The minimum absolute atomic E-state index is 0.00578. The number of primary amides is 1. The quantitative estimate of drug-likeness (QED) is 0.312. The molecule has 0 bridgehead atoms. The number of methoxy groups -OCH3 is 1. The average Bonchev–Trinajstić information content (AvgIpc) is 3.33. The van der Waals surface area contributed by atoms with E-state index in [1.165, 1.54) is 35.0 Å². The predicted molar refractivity (Wildman–Crippen MR) is 148 cm³/mol. The summed E-state index contributed by atoms with van der Waals surface area (Å²) < 4.78 is 42.2. The highest BCUT2D eigenvalue weighted by Crippen LogP contribution is 2.28. The van der Waals surface area contributed by atoms with Crippen LogP contribution in [-0.4, -0.2) is 61.1 Å². The number of nitrogens with zero attached hydrogens (tertiary/aromatic N) is 5. The number of rotatable bonds is 13. The molecule has 0 aliphatic carbocycles. The van der Waals surface area contributed by atoms with Crippen molar-refractivity contribution in [2.45, 2.75) is 26.8 Å². The number of hydrogen-bond donors (Lipinski definition) is 2. The first-order valence-corrected chi connectivity index (χ1v) is 13.0. The number of nitrogens with two attached hydrogens (primary N) is 1. The Hall–Kier alpha value is -4.19. The molecular formula is C28H35F2N7O3. The maximum Gasteiger partial charge on any atom is 0.239 e. The van der Waals surface area contributed by atoms with Gasteiger partial charge in [-0.25, -0.2) is 8.78 Å². The highest BCUT2D eigenvalue weighted by Gasteiger charge is 2.23. The van der Waals surface area contributed by atoms with Gasteiger partial charge in [-0.05, 0) is 37.6 Å². The molecule has 1 aliphatic rings. The number of carbonyl (C=O) groups excluding carboxylic acids is 1. The van der Waals surface area contributed by atoms with Crippen molar-refractivity contribution in [1.82, 2.24) is 14.7 Å². The SMILES string of the molecule is COc1cc2c(cc1OCCCN(C)CC(C)C)=NCN(c1cccc(F)c1F)C=2Nc1cnn(CC(N)=O)c1. The second kappa shape index (κ2) is 12.8. The van der Waals surface area contributed by atoms with Gasteiger partial charge in [0.25, 0.3) is 0 Å². The van der Waals surface area contributed by atoms with Gasteiger partial charge in [-0.2, -0.15) is 5.10 Å². The first-order valence-electron chi connectivity index (χ1n) is 13.0. The van der Waals surface area contributed by atoms with Crippen LogP contribution in [0.2, 0.25) is 0 Å². The van der Waals surface area contributed by atoms with Crippen LogP contribution in [0.4, 0.5) is 20.2 Å². The summed E-state index contributed by atoms with van der Waals surface area (Å²) in [5.74, 6) is -0.503. The molecule has 214 valence electrons. The van der Waals surface area contributed by atoms with Crippen molar-refractivity contribution in [3.8, 4) is 11.5 Å². The van der Waals surface area contributed by atoms with E-state index in [2.05, 4.69) is 41.2 Å². The Morgan fingerprint density at radius 3 is 2.77 bits per heavy atom. The smallest absolute Gasteiger partial charge is 0.239 e. The largest absolute Gasteiger partial charge is 0.493 e. The summed E-state index contributed by atoms with van der Waals surface area (Å²) >= 11 is 0. The third-order valence-electron chi connectivity index (χ3n) is 6.24. The number of carbonyl (C=O) groups is 1. The molecule has 40 heavy (non-hydrogen) atoms. The molecular weight excluding hydrogens is 520 g/mol. The fourth-order valence-electron chi connectivity index (χ4n) is 4.58. The van der Waals surface area contributed by atoms with E-state index in [1.807, 2.05) is 0 Å². The van der Waals surface area contributed by atoms with E-state index >= 15 is 0 Å². The van der Waals surface area contributed by atoms with Crippen molar-refractivity contribution in [2.75, 3.05) is 50.7 Å². The lowest BCUT2D eigenvalue weighted by atomic mass is 10.2. The lowest BCUT2D eigenvalue weighted by Crippen LogP contribution is -2.43. The number of aromatic nitrogens is 2. The van der Waals surface area contributed by atoms with Crippen LogP contribution in [0.5, 0.6) is 11.5 Å². The number of ether oxygens (including phenoxy) is 2. The van der Waals surface area contributed by atoms with E-state index in [4.69, 9.17) is 15.2 Å². The molecule has 12 heteroatoms. The summed E-state index contributed by atoms with van der Waals surface area (Å²) in [5, 5.41) is 8.55. The Kier molecular flexibility index (Phi) is 9.20. The fourth-order valence-corrected chi connectivity index (χ4v) is 4.58. The summed E-state index contributed by atoms with van der Waals surface area (Å²) in [6, 6.07) is 7.49. The first kappa shape index (κ1) is 28.8. The molecule has 0 atom stereocenters. The van der Waals surface area contributed by atoms with Gasteiger partial charge < -0.3 is 30.3 Å². The fraction of sp³-hybridized carbons (Fsp3) is 0.393. The Morgan fingerprint density at radius 1 is 1.25 bits per heavy atom. The van der Waals surface area contributed by atoms with Gasteiger partial charge in [0.05, 0.1) is 36.6 Å². The number of fused-ring (bicyclic) bond motifs is 1. The van der Waals surface area contributed by atoms with Crippen molar-refractivity contribution in [3.05, 3.63) is 64.9 Å². The Morgan fingerprint density at radius 2 is 2.05 bits per heavy atom. The number of hydrogen-bond acceptors (Lipinski definition) is 8. The van der Waals surface area contributed by atoms with E-state index in [9.17, 15) is 13.6 Å². The minimum atomic E-state index is -1.00. The van der Waals surface area contributed by atoms with Gasteiger partial charge in [0.15, 0.2) is 23.1 Å². The van der Waals surface area contributed by atoms with E-state index in [-0.39, 0.29) is 18.9 Å². The average molecular weight is 556 g/mol. The van der Waals surface area contributed by atoms with Gasteiger partial charge in [-0.3, -0.25) is 14.5 Å². The van der Waals surface area contributed by atoms with Crippen molar-refractivity contribution >= 4 is 23.1 Å². The molecule has 2 heterocycles. The van der Waals surface area contributed by atoms with Crippen molar-refractivity contribution in [2.24, 2.45) is 16.6 Å². The van der Waals surface area contributed by atoms with Crippen LogP contribution in [0.15, 0.2) is 47.7 Å². The Balaban J connectivity index is 1.70. The molecule has 4 rings (SSSR count). The zero-order valence-electron chi connectivity index (χ0n) is 23.2. The van der Waals surface area contributed by atoms with Crippen molar-refractivity contribution in [3.63, 3.8) is 0 Å². The molecule has 3 aromatic rings. The number of anilines is 2. The van der Waals surface area contributed by atoms with E-state index in [1.54, 1.807) is 18.3 Å². The third-order valence-corrected chi connectivity index (χ3v) is 6.24. The summed E-state index contributed by atoms with van der Waals surface area (Å²) in [7, 11) is 3.63. The lowest BCUT2D eigenvalue weighted by molar-refractivity contribution is -0.118. The summed E-state index contributed by atoms with van der Waals surface area (Å²) in [4.78, 5) is 19.7. The second-order valence-electron chi connectivity index (χ2n) is 10.0. The van der Waals surface area contributed by atoms with Crippen LogP contribution in [0, 0.1) is 17.6 Å². The maximum atomic E-state index is 14.9.